The predicted octanol–water partition coefficient (Wildman–Crippen LogP) is 5.02. The minimum absolute atomic E-state index is 0.0151. The van der Waals surface area contributed by atoms with Gasteiger partial charge in [-0.3, -0.25) is 0 Å². The predicted molar refractivity (Wildman–Crippen MR) is 78.2 cm³/mol. The molecule has 0 saturated carbocycles. The summed E-state index contributed by atoms with van der Waals surface area (Å²) in [5.74, 6) is -1.42. The van der Waals surface area contributed by atoms with Crippen LogP contribution in [0.25, 0.3) is 0 Å². The number of hydrogen-bond acceptors (Lipinski definition) is 1. The zero-order valence-electron chi connectivity index (χ0n) is 9.88. The van der Waals surface area contributed by atoms with Gasteiger partial charge in [0.1, 0.15) is 11.6 Å². The Labute approximate surface area is 127 Å². The molecule has 0 aromatic heterocycles. The van der Waals surface area contributed by atoms with Crippen LogP contribution in [0.1, 0.15) is 0 Å². The second-order valence-electron chi connectivity index (χ2n) is 3.83. The van der Waals surface area contributed by atoms with E-state index in [2.05, 4.69) is 26.6 Å². The molecule has 0 atom stereocenters. The van der Waals surface area contributed by atoms with E-state index in [1.165, 1.54) is 0 Å². The smallest absolute Gasteiger partial charge is 0.308 e. The third kappa shape index (κ3) is 3.68. The van der Waals surface area contributed by atoms with Crippen LogP contribution in [0, 0.1) is 11.6 Å². The molecule has 0 aliphatic rings. The summed E-state index contributed by atoms with van der Waals surface area (Å²) in [6, 6.07) is 7.50. The molecule has 2 N–H and O–H groups in total. The summed E-state index contributed by atoms with van der Waals surface area (Å²) < 4.78 is 26.8. The molecule has 3 nitrogen and oxygen atoms in total. The lowest BCUT2D eigenvalue weighted by Gasteiger charge is -2.09. The first-order chi connectivity index (χ1) is 9.45. The fourth-order valence-electron chi connectivity index (χ4n) is 1.44. The van der Waals surface area contributed by atoms with Gasteiger partial charge in [0.2, 0.25) is 0 Å². The van der Waals surface area contributed by atoms with Gasteiger partial charge in [0.15, 0.2) is 0 Å². The highest BCUT2D eigenvalue weighted by Crippen LogP contribution is 2.23. The normalized spacial score (nSPS) is 10.2. The lowest BCUT2D eigenvalue weighted by atomic mass is 10.3. The molecule has 2 rings (SSSR count). The van der Waals surface area contributed by atoms with E-state index in [0.29, 0.717) is 10.7 Å². The van der Waals surface area contributed by atoms with Gasteiger partial charge in [0, 0.05) is 16.8 Å². The molecule has 0 aliphatic carbocycles. The zero-order valence-corrected chi connectivity index (χ0v) is 12.2. The highest BCUT2D eigenvalue weighted by atomic mass is 79.9. The van der Waals surface area contributed by atoms with Gasteiger partial charge in [-0.2, -0.15) is 0 Å². The Kier molecular flexibility index (Phi) is 4.57. The molecular formula is C13H8BrClF2N2O. The highest BCUT2D eigenvalue weighted by Gasteiger charge is 2.11. The fourth-order valence-corrected chi connectivity index (χ4v) is 1.88. The summed E-state index contributed by atoms with van der Waals surface area (Å²) in [6.07, 6.45) is 0. The molecule has 2 aromatic rings. The van der Waals surface area contributed by atoms with Crippen LogP contribution in [0.15, 0.2) is 40.9 Å². The fraction of sp³-hybridized carbons (Fsp3) is 0. The number of carbonyl (C=O) groups is 1. The SMILES string of the molecule is O=C(Nc1ccc(Cl)cc1)Nc1cc(F)c(Br)cc1F. The standard InChI is InChI=1S/C13H8BrClF2N2O/c14-9-5-11(17)12(6-10(9)16)19-13(20)18-8-3-1-7(15)2-4-8/h1-6H,(H2,18,19,20). The van der Waals surface area contributed by atoms with Gasteiger partial charge in [-0.1, -0.05) is 11.6 Å². The molecule has 0 radical (unpaired) electrons. The first kappa shape index (κ1) is 14.7. The molecule has 0 fully saturated rings. The number of hydrogen-bond donors (Lipinski definition) is 2. The Morgan fingerprint density at radius 1 is 1.05 bits per heavy atom. The van der Waals surface area contributed by atoms with Crippen LogP contribution in [0.5, 0.6) is 0 Å². The summed E-state index contributed by atoms with van der Waals surface area (Å²) in [7, 11) is 0. The maximum absolute atomic E-state index is 13.5. The maximum atomic E-state index is 13.5. The zero-order chi connectivity index (χ0) is 14.7. The Hall–Kier alpha value is -1.66. The quantitative estimate of drug-likeness (QED) is 0.724. The monoisotopic (exact) mass is 360 g/mol. The van der Waals surface area contributed by atoms with Crippen molar-refractivity contribution in [2.24, 2.45) is 0 Å². The average molecular weight is 362 g/mol. The van der Waals surface area contributed by atoms with Crippen LogP contribution in [0.2, 0.25) is 5.02 Å². The molecule has 0 unspecified atom stereocenters. The van der Waals surface area contributed by atoms with E-state index >= 15 is 0 Å². The van der Waals surface area contributed by atoms with Crippen molar-refractivity contribution in [2.45, 2.75) is 0 Å². The van der Waals surface area contributed by atoms with Crippen LogP contribution in [0.3, 0.4) is 0 Å². The number of carbonyl (C=O) groups excluding carboxylic acids is 1. The number of urea groups is 1. The van der Waals surface area contributed by atoms with E-state index in [1.807, 2.05) is 0 Å². The van der Waals surface area contributed by atoms with E-state index in [9.17, 15) is 13.6 Å². The van der Waals surface area contributed by atoms with Crippen molar-refractivity contribution in [3.05, 3.63) is 57.5 Å². The van der Waals surface area contributed by atoms with E-state index in [0.717, 1.165) is 12.1 Å². The summed E-state index contributed by atoms with van der Waals surface area (Å²) in [4.78, 5) is 11.7. The topological polar surface area (TPSA) is 41.1 Å². The summed E-state index contributed by atoms with van der Waals surface area (Å²) in [5.41, 5.74) is 0.224. The third-order valence-corrected chi connectivity index (χ3v) is 3.22. The van der Waals surface area contributed by atoms with Gasteiger partial charge in [-0.05, 0) is 46.3 Å². The van der Waals surface area contributed by atoms with Crippen molar-refractivity contribution in [3.8, 4) is 0 Å². The van der Waals surface area contributed by atoms with Crippen molar-refractivity contribution in [1.82, 2.24) is 0 Å². The average Bonchev–Trinajstić information content (AvgIpc) is 2.39. The van der Waals surface area contributed by atoms with Crippen LogP contribution >= 0.6 is 27.5 Å². The molecule has 20 heavy (non-hydrogen) atoms. The molecule has 0 saturated heterocycles. The van der Waals surface area contributed by atoms with E-state index in [-0.39, 0.29) is 10.2 Å². The Morgan fingerprint density at radius 3 is 2.35 bits per heavy atom. The molecule has 7 heteroatoms. The van der Waals surface area contributed by atoms with Crippen LogP contribution in [0.4, 0.5) is 25.0 Å². The minimum atomic E-state index is -0.746. The van der Waals surface area contributed by atoms with Crippen molar-refractivity contribution in [3.63, 3.8) is 0 Å². The number of halogens is 4. The van der Waals surface area contributed by atoms with E-state index in [4.69, 9.17) is 11.6 Å². The van der Waals surface area contributed by atoms with Gasteiger partial charge in [-0.15, -0.1) is 0 Å². The van der Waals surface area contributed by atoms with Gasteiger partial charge in [0.25, 0.3) is 0 Å². The molecule has 0 bridgehead atoms. The molecule has 104 valence electrons. The number of amides is 2. The van der Waals surface area contributed by atoms with Crippen molar-refractivity contribution >= 4 is 44.9 Å². The molecule has 0 spiro atoms. The number of anilines is 2. The van der Waals surface area contributed by atoms with Crippen LogP contribution in [-0.4, -0.2) is 6.03 Å². The first-order valence-electron chi connectivity index (χ1n) is 5.44. The Balaban J connectivity index is 2.08. The number of nitrogens with one attached hydrogen (secondary N) is 2. The van der Waals surface area contributed by atoms with Gasteiger partial charge in [0.05, 0.1) is 10.2 Å². The maximum Gasteiger partial charge on any atom is 0.323 e. The minimum Gasteiger partial charge on any atom is -0.308 e. The summed E-state index contributed by atoms with van der Waals surface area (Å²) in [6.45, 7) is 0. The highest BCUT2D eigenvalue weighted by molar-refractivity contribution is 9.10. The number of rotatable bonds is 2. The molecule has 0 heterocycles. The molecule has 0 aliphatic heterocycles. The van der Waals surface area contributed by atoms with Crippen molar-refractivity contribution in [2.75, 3.05) is 10.6 Å². The molecular weight excluding hydrogens is 354 g/mol. The largest absolute Gasteiger partial charge is 0.323 e. The third-order valence-electron chi connectivity index (χ3n) is 2.36. The van der Waals surface area contributed by atoms with Gasteiger partial charge < -0.3 is 10.6 Å². The van der Waals surface area contributed by atoms with Gasteiger partial charge >= 0.3 is 6.03 Å². The second-order valence-corrected chi connectivity index (χ2v) is 5.12. The lowest BCUT2D eigenvalue weighted by molar-refractivity contribution is 0.262. The van der Waals surface area contributed by atoms with E-state index in [1.54, 1.807) is 24.3 Å². The Morgan fingerprint density at radius 2 is 1.70 bits per heavy atom. The Bertz CT molecular complexity index is 650. The van der Waals surface area contributed by atoms with Crippen LogP contribution in [-0.2, 0) is 0 Å². The molecule has 2 amide bonds. The van der Waals surface area contributed by atoms with Crippen molar-refractivity contribution < 1.29 is 13.6 Å². The number of benzene rings is 2. The summed E-state index contributed by atoms with van der Waals surface area (Å²) in [5, 5.41) is 5.22. The second kappa shape index (κ2) is 6.19. The lowest BCUT2D eigenvalue weighted by Crippen LogP contribution is -2.20. The first-order valence-corrected chi connectivity index (χ1v) is 6.61. The van der Waals surface area contributed by atoms with E-state index < -0.39 is 17.7 Å². The van der Waals surface area contributed by atoms with Crippen LogP contribution < -0.4 is 10.6 Å². The van der Waals surface area contributed by atoms with Crippen molar-refractivity contribution in [1.29, 1.82) is 0 Å². The molecule has 2 aromatic carbocycles. The summed E-state index contributed by atoms with van der Waals surface area (Å²) >= 11 is 8.56. The van der Waals surface area contributed by atoms with Gasteiger partial charge in [-0.25, -0.2) is 13.6 Å².